The Kier molecular flexibility index (Phi) is 4.42. The van der Waals surface area contributed by atoms with Gasteiger partial charge < -0.3 is 0 Å². The molecule has 1 heterocycles. The first-order chi connectivity index (χ1) is 9.00. The second kappa shape index (κ2) is 5.82. The number of nitrogens with one attached hydrogen (secondary N) is 2. The Morgan fingerprint density at radius 2 is 1.63 bits per heavy atom. The lowest BCUT2D eigenvalue weighted by molar-refractivity contribution is 0.269. The number of rotatable bonds is 6. The van der Waals surface area contributed by atoms with Crippen molar-refractivity contribution >= 4 is 0 Å². The van der Waals surface area contributed by atoms with Crippen LogP contribution in [0.25, 0.3) is 0 Å². The number of H-pyrrole nitrogens is 2. The van der Waals surface area contributed by atoms with Crippen LogP contribution < -0.4 is 17.1 Å². The van der Waals surface area contributed by atoms with Crippen LogP contribution in [0.15, 0.2) is 39.7 Å². The van der Waals surface area contributed by atoms with Crippen molar-refractivity contribution in [1.82, 2.24) is 14.5 Å². The molecule has 1 aromatic rings. The molecule has 0 bridgehead atoms. The molecule has 0 aliphatic heterocycles. The SMILES string of the molecule is C=CCC(CC#N)(CC=C)n1c(=O)[nH]c(=O)[nH]c1=O. The number of aromatic nitrogens is 3. The molecule has 1 aromatic heterocycles. The predicted molar refractivity (Wildman–Crippen MR) is 69.8 cm³/mol. The quantitative estimate of drug-likeness (QED) is 0.702. The van der Waals surface area contributed by atoms with Crippen LogP contribution in [0.1, 0.15) is 19.3 Å². The van der Waals surface area contributed by atoms with Gasteiger partial charge in [0.15, 0.2) is 0 Å². The molecule has 0 spiro atoms. The molecule has 0 aliphatic carbocycles. The van der Waals surface area contributed by atoms with E-state index in [4.69, 9.17) is 5.26 Å². The van der Waals surface area contributed by atoms with Crippen LogP contribution in [0.4, 0.5) is 0 Å². The van der Waals surface area contributed by atoms with Crippen LogP contribution in [-0.4, -0.2) is 14.5 Å². The number of hydrogen-bond donors (Lipinski definition) is 2. The van der Waals surface area contributed by atoms with Crippen molar-refractivity contribution in [3.8, 4) is 6.07 Å². The molecule has 0 aromatic carbocycles. The van der Waals surface area contributed by atoms with Crippen LogP contribution in [0.5, 0.6) is 0 Å². The van der Waals surface area contributed by atoms with Gasteiger partial charge in [0, 0.05) is 0 Å². The van der Waals surface area contributed by atoms with E-state index in [-0.39, 0.29) is 19.3 Å². The van der Waals surface area contributed by atoms with E-state index in [1.54, 1.807) is 0 Å². The maximum Gasteiger partial charge on any atom is 0.334 e. The Hall–Kier alpha value is -2.62. The number of nitrogens with zero attached hydrogens (tertiary/aromatic N) is 2. The second-order valence-electron chi connectivity index (χ2n) is 4.07. The Morgan fingerprint density at radius 1 is 1.16 bits per heavy atom. The molecule has 0 amide bonds. The smallest absolute Gasteiger partial charge is 0.259 e. The van der Waals surface area contributed by atoms with E-state index in [0.717, 1.165) is 4.57 Å². The van der Waals surface area contributed by atoms with Gasteiger partial charge in [-0.15, -0.1) is 13.2 Å². The van der Waals surface area contributed by atoms with E-state index in [0.29, 0.717) is 0 Å². The van der Waals surface area contributed by atoms with E-state index in [9.17, 15) is 14.4 Å². The molecule has 100 valence electrons. The molecule has 0 saturated carbocycles. The largest absolute Gasteiger partial charge is 0.334 e. The fraction of sp³-hybridized carbons (Fsp3) is 0.333. The maximum atomic E-state index is 11.8. The van der Waals surface area contributed by atoms with E-state index in [2.05, 4.69) is 13.2 Å². The van der Waals surface area contributed by atoms with E-state index < -0.39 is 22.6 Å². The summed E-state index contributed by atoms with van der Waals surface area (Å²) in [5, 5.41) is 8.93. The summed E-state index contributed by atoms with van der Waals surface area (Å²) in [6.07, 6.45) is 3.39. The molecule has 0 atom stereocenters. The third-order valence-corrected chi connectivity index (χ3v) is 2.78. The van der Waals surface area contributed by atoms with Crippen molar-refractivity contribution in [3.63, 3.8) is 0 Å². The summed E-state index contributed by atoms with van der Waals surface area (Å²) in [5.74, 6) is 0. The van der Waals surface area contributed by atoms with Crippen molar-refractivity contribution in [2.75, 3.05) is 0 Å². The lowest BCUT2D eigenvalue weighted by atomic mass is 9.87. The molecule has 0 aliphatic rings. The molecule has 0 fully saturated rings. The Labute approximate surface area is 108 Å². The van der Waals surface area contributed by atoms with E-state index in [1.807, 2.05) is 16.0 Å². The minimum Gasteiger partial charge on any atom is -0.259 e. The zero-order valence-electron chi connectivity index (χ0n) is 10.3. The molecule has 0 radical (unpaired) electrons. The number of allylic oxidation sites excluding steroid dienone is 2. The topological polar surface area (TPSA) is 112 Å². The van der Waals surface area contributed by atoms with Gasteiger partial charge in [0.25, 0.3) is 0 Å². The first-order valence-electron chi connectivity index (χ1n) is 5.55. The van der Waals surface area contributed by atoms with Gasteiger partial charge in [0.1, 0.15) is 0 Å². The van der Waals surface area contributed by atoms with Gasteiger partial charge in [-0.1, -0.05) is 12.2 Å². The summed E-state index contributed by atoms with van der Waals surface area (Å²) in [5.41, 5.74) is -3.68. The fourth-order valence-electron chi connectivity index (χ4n) is 2.03. The normalized spacial score (nSPS) is 10.7. The van der Waals surface area contributed by atoms with Crippen LogP contribution in [-0.2, 0) is 5.54 Å². The molecule has 1 rings (SSSR count). The first-order valence-corrected chi connectivity index (χ1v) is 5.55. The summed E-state index contributed by atoms with van der Waals surface area (Å²) >= 11 is 0. The lowest BCUT2D eigenvalue weighted by Crippen LogP contribution is -2.53. The monoisotopic (exact) mass is 262 g/mol. The molecule has 0 unspecified atom stereocenters. The molecule has 0 saturated heterocycles. The summed E-state index contributed by atoms with van der Waals surface area (Å²) in [4.78, 5) is 38.7. The molecule has 19 heavy (non-hydrogen) atoms. The highest BCUT2D eigenvalue weighted by Crippen LogP contribution is 2.27. The molecule has 2 N–H and O–H groups in total. The van der Waals surface area contributed by atoms with Gasteiger partial charge >= 0.3 is 17.1 Å². The first kappa shape index (κ1) is 14.4. The zero-order chi connectivity index (χ0) is 14.5. The number of aromatic amines is 2. The van der Waals surface area contributed by atoms with Gasteiger partial charge in [-0.25, -0.2) is 19.0 Å². The summed E-state index contributed by atoms with van der Waals surface area (Å²) in [6, 6.07) is 1.95. The summed E-state index contributed by atoms with van der Waals surface area (Å²) < 4.78 is 0.848. The number of nitriles is 1. The van der Waals surface area contributed by atoms with Crippen LogP contribution >= 0.6 is 0 Å². The summed E-state index contributed by atoms with van der Waals surface area (Å²) in [7, 11) is 0. The fourth-order valence-corrected chi connectivity index (χ4v) is 2.03. The van der Waals surface area contributed by atoms with Crippen molar-refractivity contribution in [3.05, 3.63) is 56.8 Å². The van der Waals surface area contributed by atoms with Crippen molar-refractivity contribution in [2.45, 2.75) is 24.8 Å². The van der Waals surface area contributed by atoms with Crippen molar-refractivity contribution in [1.29, 1.82) is 5.26 Å². The lowest BCUT2D eigenvalue weighted by Gasteiger charge is -2.30. The Balaban J connectivity index is 3.66. The second-order valence-corrected chi connectivity index (χ2v) is 4.07. The Morgan fingerprint density at radius 3 is 2.00 bits per heavy atom. The van der Waals surface area contributed by atoms with Crippen LogP contribution in [0.3, 0.4) is 0 Å². The molecule has 7 heteroatoms. The summed E-state index contributed by atoms with van der Waals surface area (Å²) in [6.45, 7) is 7.14. The molecule has 7 nitrogen and oxygen atoms in total. The van der Waals surface area contributed by atoms with Crippen molar-refractivity contribution < 1.29 is 0 Å². The van der Waals surface area contributed by atoms with Crippen LogP contribution in [0, 0.1) is 11.3 Å². The minimum absolute atomic E-state index is 0.0833. The minimum atomic E-state index is -1.09. The van der Waals surface area contributed by atoms with Gasteiger partial charge in [-0.3, -0.25) is 9.97 Å². The van der Waals surface area contributed by atoms with Crippen molar-refractivity contribution in [2.24, 2.45) is 0 Å². The molecular formula is C12H14N4O3. The van der Waals surface area contributed by atoms with Gasteiger partial charge in [-0.2, -0.15) is 5.26 Å². The van der Waals surface area contributed by atoms with Crippen LogP contribution in [0.2, 0.25) is 0 Å². The average Bonchev–Trinajstić information content (AvgIpc) is 2.28. The third kappa shape index (κ3) is 2.80. The Bertz CT molecular complexity index is 642. The average molecular weight is 262 g/mol. The highest BCUT2D eigenvalue weighted by Gasteiger charge is 2.33. The van der Waals surface area contributed by atoms with E-state index >= 15 is 0 Å². The predicted octanol–water partition coefficient (Wildman–Crippen LogP) is -0.0139. The van der Waals surface area contributed by atoms with Gasteiger partial charge in [0.2, 0.25) is 0 Å². The maximum absolute atomic E-state index is 11.8. The standard InChI is InChI=1S/C12H14N4O3/c1-3-5-12(6-4-2,7-8-13)16-10(18)14-9(17)15-11(16)19/h3-4H,1-2,5-7H2,(H2,14,15,17,18,19). The third-order valence-electron chi connectivity index (χ3n) is 2.78. The molecular weight excluding hydrogens is 248 g/mol. The van der Waals surface area contributed by atoms with E-state index in [1.165, 1.54) is 12.2 Å². The zero-order valence-corrected chi connectivity index (χ0v) is 10.3. The van der Waals surface area contributed by atoms with Gasteiger partial charge in [-0.05, 0) is 12.8 Å². The van der Waals surface area contributed by atoms with Gasteiger partial charge in [0.05, 0.1) is 18.0 Å². The highest BCUT2D eigenvalue weighted by atomic mass is 16.2. The number of hydrogen-bond acceptors (Lipinski definition) is 4. The highest BCUT2D eigenvalue weighted by molar-refractivity contribution is 5.02.